The molecule has 0 aromatic rings. The van der Waals surface area contributed by atoms with Gasteiger partial charge in [-0.15, -0.1) is 0 Å². The Morgan fingerprint density at radius 2 is 2.00 bits per heavy atom. The predicted octanol–water partition coefficient (Wildman–Crippen LogP) is 0.385. The largest absolute Gasteiger partial charge is 0.468 e. The average molecular weight is 312 g/mol. The molecule has 3 rings (SSSR count). The van der Waals surface area contributed by atoms with Crippen LogP contribution in [0, 0.1) is 11.3 Å². The van der Waals surface area contributed by atoms with Crippen molar-refractivity contribution in [3.05, 3.63) is 0 Å². The quantitative estimate of drug-likeness (QED) is 0.706. The highest BCUT2D eigenvalue weighted by Crippen LogP contribution is 2.52. The van der Waals surface area contributed by atoms with Crippen LogP contribution in [0.2, 0.25) is 0 Å². The van der Waals surface area contributed by atoms with Gasteiger partial charge < -0.3 is 24.4 Å². The standard InChI is InChI=1S/C15H24N2O5/c1-13(2,3)22-12(19)17-7-15(8-17)10-5-16-6-14(10,9-21-15)11(18)20-4/h10,16H,5-9H2,1-4H3/t10-,14+/m1/s1. The van der Waals surface area contributed by atoms with E-state index in [-0.39, 0.29) is 18.0 Å². The molecule has 3 fully saturated rings. The Kier molecular flexibility index (Phi) is 3.41. The molecular weight excluding hydrogens is 288 g/mol. The third-order valence-electron chi connectivity index (χ3n) is 4.87. The van der Waals surface area contributed by atoms with Crippen LogP contribution >= 0.6 is 0 Å². The van der Waals surface area contributed by atoms with E-state index in [0.717, 1.165) is 0 Å². The fourth-order valence-electron chi connectivity index (χ4n) is 3.82. The van der Waals surface area contributed by atoms with E-state index in [0.29, 0.717) is 32.8 Å². The summed E-state index contributed by atoms with van der Waals surface area (Å²) in [6.45, 7) is 8.08. The van der Waals surface area contributed by atoms with E-state index in [9.17, 15) is 9.59 Å². The summed E-state index contributed by atoms with van der Waals surface area (Å²) in [5.74, 6) is -0.193. The smallest absolute Gasteiger partial charge is 0.410 e. The third-order valence-corrected chi connectivity index (χ3v) is 4.87. The number of hydrogen-bond donors (Lipinski definition) is 1. The van der Waals surface area contributed by atoms with Crippen molar-refractivity contribution in [1.29, 1.82) is 0 Å². The number of fused-ring (bicyclic) bond motifs is 2. The van der Waals surface area contributed by atoms with Gasteiger partial charge in [0.15, 0.2) is 0 Å². The van der Waals surface area contributed by atoms with E-state index in [1.54, 1.807) is 4.90 Å². The number of ether oxygens (including phenoxy) is 3. The minimum Gasteiger partial charge on any atom is -0.468 e. The lowest BCUT2D eigenvalue weighted by Crippen LogP contribution is -2.68. The Bertz CT molecular complexity index is 495. The van der Waals surface area contributed by atoms with Gasteiger partial charge in [-0.05, 0) is 20.8 Å². The maximum absolute atomic E-state index is 12.2. The molecule has 1 amide bonds. The van der Waals surface area contributed by atoms with Crippen LogP contribution < -0.4 is 5.32 Å². The zero-order valence-electron chi connectivity index (χ0n) is 13.6. The molecule has 3 heterocycles. The number of esters is 1. The second-order valence-corrected chi connectivity index (χ2v) is 7.52. The van der Waals surface area contributed by atoms with E-state index < -0.39 is 16.6 Å². The van der Waals surface area contributed by atoms with E-state index in [1.807, 2.05) is 20.8 Å². The molecule has 0 aromatic carbocycles. The van der Waals surface area contributed by atoms with Crippen molar-refractivity contribution in [1.82, 2.24) is 10.2 Å². The molecule has 124 valence electrons. The summed E-state index contributed by atoms with van der Waals surface area (Å²) < 4.78 is 16.3. The van der Waals surface area contributed by atoms with Gasteiger partial charge in [-0.25, -0.2) is 4.79 Å². The summed E-state index contributed by atoms with van der Waals surface area (Å²) in [5.41, 5.74) is -1.58. The molecular formula is C15H24N2O5. The summed E-state index contributed by atoms with van der Waals surface area (Å²) in [5, 5.41) is 3.27. The number of hydrogen-bond acceptors (Lipinski definition) is 6. The molecule has 3 aliphatic heterocycles. The molecule has 22 heavy (non-hydrogen) atoms. The second kappa shape index (κ2) is 4.83. The van der Waals surface area contributed by atoms with Gasteiger partial charge in [-0.2, -0.15) is 0 Å². The van der Waals surface area contributed by atoms with Gasteiger partial charge in [0.1, 0.15) is 16.6 Å². The number of amides is 1. The van der Waals surface area contributed by atoms with Gasteiger partial charge in [0.05, 0.1) is 26.8 Å². The minimum atomic E-state index is -0.616. The SMILES string of the molecule is COC(=O)[C@]12CNC[C@H]1C1(CN(C(=O)OC(C)(C)C)C1)OC2. The monoisotopic (exact) mass is 312 g/mol. The van der Waals surface area contributed by atoms with Crippen LogP contribution in [0.15, 0.2) is 0 Å². The van der Waals surface area contributed by atoms with Gasteiger partial charge >= 0.3 is 12.1 Å². The molecule has 0 unspecified atom stereocenters. The first kappa shape index (κ1) is 15.6. The van der Waals surface area contributed by atoms with Crippen molar-refractivity contribution in [2.45, 2.75) is 32.0 Å². The maximum Gasteiger partial charge on any atom is 0.410 e. The summed E-state index contributed by atoms with van der Waals surface area (Å²) in [4.78, 5) is 25.9. The highest BCUT2D eigenvalue weighted by Gasteiger charge is 2.69. The first-order valence-corrected chi connectivity index (χ1v) is 7.63. The van der Waals surface area contributed by atoms with Crippen LogP contribution in [0.1, 0.15) is 20.8 Å². The molecule has 0 saturated carbocycles. The van der Waals surface area contributed by atoms with Crippen molar-refractivity contribution < 1.29 is 23.8 Å². The fraction of sp³-hybridized carbons (Fsp3) is 0.867. The maximum atomic E-state index is 12.2. The Morgan fingerprint density at radius 1 is 1.32 bits per heavy atom. The van der Waals surface area contributed by atoms with Crippen molar-refractivity contribution in [3.8, 4) is 0 Å². The number of rotatable bonds is 1. The van der Waals surface area contributed by atoms with Gasteiger partial charge in [-0.3, -0.25) is 4.79 Å². The summed E-state index contributed by atoms with van der Waals surface area (Å²) >= 11 is 0. The highest BCUT2D eigenvalue weighted by atomic mass is 16.6. The molecule has 7 heteroatoms. The molecule has 1 N–H and O–H groups in total. The van der Waals surface area contributed by atoms with Crippen LogP contribution in [-0.4, -0.2) is 68.1 Å². The van der Waals surface area contributed by atoms with Crippen LogP contribution in [0.5, 0.6) is 0 Å². The molecule has 1 spiro atoms. The Labute approximate surface area is 130 Å². The van der Waals surface area contributed by atoms with Crippen LogP contribution in [0.25, 0.3) is 0 Å². The van der Waals surface area contributed by atoms with Gasteiger partial charge in [0, 0.05) is 19.0 Å². The van der Waals surface area contributed by atoms with Crippen molar-refractivity contribution in [2.75, 3.05) is 39.9 Å². The Balaban J connectivity index is 1.69. The summed E-state index contributed by atoms with van der Waals surface area (Å²) in [7, 11) is 1.41. The normalized spacial score (nSPS) is 32.5. The second-order valence-electron chi connectivity index (χ2n) is 7.52. The highest BCUT2D eigenvalue weighted by molar-refractivity contribution is 5.79. The topological polar surface area (TPSA) is 77.1 Å². The molecule has 0 radical (unpaired) electrons. The lowest BCUT2D eigenvalue weighted by molar-refractivity contribution is -0.153. The lowest BCUT2D eigenvalue weighted by atomic mass is 9.69. The van der Waals surface area contributed by atoms with Gasteiger partial charge in [0.25, 0.3) is 0 Å². The van der Waals surface area contributed by atoms with Gasteiger partial charge in [0.2, 0.25) is 0 Å². The number of nitrogens with zero attached hydrogens (tertiary/aromatic N) is 1. The summed E-state index contributed by atoms with van der Waals surface area (Å²) in [6.07, 6.45) is -0.330. The number of likely N-dealkylation sites (tertiary alicyclic amines) is 1. The average Bonchev–Trinajstić information content (AvgIpc) is 2.91. The zero-order valence-corrected chi connectivity index (χ0v) is 13.6. The minimum absolute atomic E-state index is 0.0335. The molecule has 3 aliphatic rings. The van der Waals surface area contributed by atoms with E-state index in [4.69, 9.17) is 14.2 Å². The van der Waals surface area contributed by atoms with Crippen molar-refractivity contribution in [3.63, 3.8) is 0 Å². The van der Waals surface area contributed by atoms with Gasteiger partial charge in [-0.1, -0.05) is 0 Å². The molecule has 0 aliphatic carbocycles. The van der Waals surface area contributed by atoms with Crippen LogP contribution in [0.3, 0.4) is 0 Å². The number of carbonyl (C=O) groups excluding carboxylic acids is 2. The predicted molar refractivity (Wildman–Crippen MR) is 77.3 cm³/mol. The van der Waals surface area contributed by atoms with Crippen molar-refractivity contribution >= 4 is 12.1 Å². The number of methoxy groups -OCH3 is 1. The number of nitrogens with one attached hydrogen (secondary N) is 1. The Hall–Kier alpha value is -1.34. The van der Waals surface area contributed by atoms with E-state index in [1.165, 1.54) is 7.11 Å². The first-order chi connectivity index (χ1) is 10.2. The van der Waals surface area contributed by atoms with Crippen molar-refractivity contribution in [2.24, 2.45) is 11.3 Å². The molecule has 2 atom stereocenters. The van der Waals surface area contributed by atoms with Crippen LogP contribution in [-0.2, 0) is 19.0 Å². The fourth-order valence-corrected chi connectivity index (χ4v) is 3.82. The van der Waals surface area contributed by atoms with Crippen LogP contribution in [0.4, 0.5) is 4.79 Å². The summed E-state index contributed by atoms with van der Waals surface area (Å²) in [6, 6.07) is 0. The third kappa shape index (κ3) is 2.18. The molecule has 7 nitrogen and oxygen atoms in total. The lowest BCUT2D eigenvalue weighted by Gasteiger charge is -2.50. The molecule has 3 saturated heterocycles. The first-order valence-electron chi connectivity index (χ1n) is 7.63. The Morgan fingerprint density at radius 3 is 2.59 bits per heavy atom. The van der Waals surface area contributed by atoms with E-state index in [2.05, 4.69) is 5.32 Å². The molecule has 0 aromatic heterocycles. The molecule has 0 bridgehead atoms. The zero-order chi connectivity index (χ0) is 16.2. The number of carbonyl (C=O) groups is 2. The van der Waals surface area contributed by atoms with E-state index >= 15 is 0 Å².